The van der Waals surface area contributed by atoms with Crippen molar-refractivity contribution in [1.29, 1.82) is 0 Å². The molecule has 0 saturated heterocycles. The number of aliphatic hydroxyl groups is 1. The first-order valence-electron chi connectivity index (χ1n) is 10.9. The van der Waals surface area contributed by atoms with Crippen molar-refractivity contribution in [2.24, 2.45) is 0 Å². The molecule has 31 heavy (non-hydrogen) atoms. The van der Waals surface area contributed by atoms with Gasteiger partial charge in [0.2, 0.25) is 0 Å². The SMILES string of the molecule is COc1cccc(C(CCNCC(O)c2ccc(C(C)(C)C)cc2)c2ccccn2)c1. The van der Waals surface area contributed by atoms with Crippen LogP contribution in [-0.2, 0) is 5.41 Å². The van der Waals surface area contributed by atoms with E-state index in [4.69, 9.17) is 4.74 Å². The molecular weight excluding hydrogens is 384 g/mol. The van der Waals surface area contributed by atoms with Gasteiger partial charge in [0.15, 0.2) is 0 Å². The van der Waals surface area contributed by atoms with Crippen molar-refractivity contribution in [3.63, 3.8) is 0 Å². The van der Waals surface area contributed by atoms with Crippen LogP contribution in [-0.4, -0.2) is 30.3 Å². The second-order valence-corrected chi connectivity index (χ2v) is 8.96. The molecule has 0 spiro atoms. The standard InChI is InChI=1S/C27H34N2O2/c1-27(2,3)22-13-11-20(12-14-22)26(30)19-28-17-15-24(25-10-5-6-16-29-25)21-8-7-9-23(18-21)31-4/h5-14,16,18,24,26,28,30H,15,17,19H2,1-4H3. The minimum atomic E-state index is -0.529. The van der Waals surface area contributed by atoms with Crippen LogP contribution in [0.1, 0.15) is 61.6 Å². The number of pyridine rings is 1. The molecule has 0 aliphatic rings. The van der Waals surface area contributed by atoms with E-state index in [0.717, 1.165) is 30.0 Å². The fraction of sp³-hybridized carbons (Fsp3) is 0.370. The molecule has 0 saturated carbocycles. The van der Waals surface area contributed by atoms with E-state index in [-0.39, 0.29) is 11.3 Å². The molecule has 2 unspecified atom stereocenters. The molecule has 1 heterocycles. The maximum absolute atomic E-state index is 10.6. The number of aliphatic hydroxyl groups excluding tert-OH is 1. The smallest absolute Gasteiger partial charge is 0.119 e. The van der Waals surface area contributed by atoms with E-state index in [0.29, 0.717) is 6.54 Å². The Morgan fingerprint density at radius 2 is 1.74 bits per heavy atom. The molecule has 2 atom stereocenters. The predicted molar refractivity (Wildman–Crippen MR) is 127 cm³/mol. The molecule has 0 radical (unpaired) electrons. The van der Waals surface area contributed by atoms with Crippen molar-refractivity contribution in [2.45, 2.75) is 44.6 Å². The van der Waals surface area contributed by atoms with Crippen LogP contribution in [0.25, 0.3) is 0 Å². The van der Waals surface area contributed by atoms with Gasteiger partial charge in [0.25, 0.3) is 0 Å². The summed E-state index contributed by atoms with van der Waals surface area (Å²) in [6.07, 6.45) is 2.18. The van der Waals surface area contributed by atoms with Gasteiger partial charge in [-0.2, -0.15) is 0 Å². The van der Waals surface area contributed by atoms with Crippen molar-refractivity contribution >= 4 is 0 Å². The summed E-state index contributed by atoms with van der Waals surface area (Å²) >= 11 is 0. The molecule has 0 bridgehead atoms. The molecule has 2 N–H and O–H groups in total. The van der Waals surface area contributed by atoms with Crippen LogP contribution in [0.2, 0.25) is 0 Å². The number of hydrogen-bond acceptors (Lipinski definition) is 4. The predicted octanol–water partition coefficient (Wildman–Crippen LogP) is 5.23. The normalized spacial score (nSPS) is 13.6. The monoisotopic (exact) mass is 418 g/mol. The molecule has 0 aliphatic carbocycles. The zero-order valence-electron chi connectivity index (χ0n) is 19.0. The van der Waals surface area contributed by atoms with Crippen molar-refractivity contribution in [2.75, 3.05) is 20.2 Å². The highest BCUT2D eigenvalue weighted by Crippen LogP contribution is 2.29. The quantitative estimate of drug-likeness (QED) is 0.467. The highest BCUT2D eigenvalue weighted by molar-refractivity contribution is 5.35. The number of methoxy groups -OCH3 is 1. The van der Waals surface area contributed by atoms with Crippen LogP contribution in [0, 0.1) is 0 Å². The lowest BCUT2D eigenvalue weighted by molar-refractivity contribution is 0.174. The van der Waals surface area contributed by atoms with Crippen LogP contribution in [0.5, 0.6) is 5.75 Å². The van der Waals surface area contributed by atoms with Crippen molar-refractivity contribution in [3.8, 4) is 5.75 Å². The average Bonchev–Trinajstić information content (AvgIpc) is 2.79. The second kappa shape index (κ2) is 10.6. The molecule has 4 nitrogen and oxygen atoms in total. The summed E-state index contributed by atoms with van der Waals surface area (Å²) in [5, 5.41) is 14.0. The van der Waals surface area contributed by atoms with Crippen molar-refractivity contribution in [3.05, 3.63) is 95.3 Å². The summed E-state index contributed by atoms with van der Waals surface area (Å²) in [5.41, 5.74) is 4.54. The van der Waals surface area contributed by atoms with Crippen LogP contribution in [0.4, 0.5) is 0 Å². The second-order valence-electron chi connectivity index (χ2n) is 8.96. The van der Waals surface area contributed by atoms with Gasteiger partial charge in [0.05, 0.1) is 13.2 Å². The number of aromatic nitrogens is 1. The third-order valence-corrected chi connectivity index (χ3v) is 5.65. The van der Waals surface area contributed by atoms with E-state index in [1.165, 1.54) is 11.1 Å². The average molecular weight is 419 g/mol. The van der Waals surface area contributed by atoms with Gasteiger partial charge in [-0.3, -0.25) is 4.98 Å². The summed E-state index contributed by atoms with van der Waals surface area (Å²) in [6, 6.07) is 22.5. The van der Waals surface area contributed by atoms with Gasteiger partial charge < -0.3 is 15.2 Å². The van der Waals surface area contributed by atoms with E-state index in [2.05, 4.69) is 61.4 Å². The zero-order chi connectivity index (χ0) is 22.3. The molecule has 3 rings (SSSR count). The van der Waals surface area contributed by atoms with Gasteiger partial charge in [-0.15, -0.1) is 0 Å². The third kappa shape index (κ3) is 6.39. The number of nitrogens with zero attached hydrogens (tertiary/aromatic N) is 1. The maximum Gasteiger partial charge on any atom is 0.119 e. The Morgan fingerprint density at radius 1 is 0.968 bits per heavy atom. The van der Waals surface area contributed by atoms with Crippen molar-refractivity contribution < 1.29 is 9.84 Å². The summed E-state index contributed by atoms with van der Waals surface area (Å²) in [4.78, 5) is 4.58. The van der Waals surface area contributed by atoms with Gasteiger partial charge in [-0.1, -0.05) is 63.2 Å². The molecule has 164 valence electrons. The molecule has 1 aromatic heterocycles. The summed E-state index contributed by atoms with van der Waals surface area (Å²) in [6.45, 7) is 7.87. The first-order valence-corrected chi connectivity index (χ1v) is 10.9. The fourth-order valence-corrected chi connectivity index (χ4v) is 3.73. The lowest BCUT2D eigenvalue weighted by Gasteiger charge is -2.21. The Bertz CT molecular complexity index is 933. The van der Waals surface area contributed by atoms with E-state index in [9.17, 15) is 5.11 Å². The Morgan fingerprint density at radius 3 is 2.39 bits per heavy atom. The minimum Gasteiger partial charge on any atom is -0.497 e. The number of nitrogens with one attached hydrogen (secondary N) is 1. The van der Waals surface area contributed by atoms with Crippen LogP contribution < -0.4 is 10.1 Å². The van der Waals surface area contributed by atoms with Crippen LogP contribution >= 0.6 is 0 Å². The third-order valence-electron chi connectivity index (χ3n) is 5.65. The zero-order valence-corrected chi connectivity index (χ0v) is 19.0. The number of rotatable bonds is 9. The Labute approximate surface area is 186 Å². The minimum absolute atomic E-state index is 0.113. The Kier molecular flexibility index (Phi) is 7.83. The van der Waals surface area contributed by atoms with E-state index in [1.807, 2.05) is 42.6 Å². The molecule has 0 aliphatic heterocycles. The number of hydrogen-bond donors (Lipinski definition) is 2. The Balaban J connectivity index is 1.60. The van der Waals surface area contributed by atoms with E-state index >= 15 is 0 Å². The van der Waals surface area contributed by atoms with E-state index < -0.39 is 6.10 Å². The molecular formula is C27H34N2O2. The molecule has 3 aromatic rings. The van der Waals surface area contributed by atoms with Gasteiger partial charge in [-0.05, 0) is 59.3 Å². The largest absolute Gasteiger partial charge is 0.497 e. The maximum atomic E-state index is 10.6. The first kappa shape index (κ1) is 23.0. The molecule has 0 amide bonds. The molecule has 2 aromatic carbocycles. The lowest BCUT2D eigenvalue weighted by atomic mass is 9.86. The lowest BCUT2D eigenvalue weighted by Crippen LogP contribution is -2.24. The number of ether oxygens (including phenoxy) is 1. The number of benzene rings is 2. The summed E-state index contributed by atoms with van der Waals surface area (Å²) in [5.74, 6) is 1.01. The summed E-state index contributed by atoms with van der Waals surface area (Å²) < 4.78 is 5.41. The summed E-state index contributed by atoms with van der Waals surface area (Å²) in [7, 11) is 1.69. The van der Waals surface area contributed by atoms with E-state index in [1.54, 1.807) is 7.11 Å². The van der Waals surface area contributed by atoms with Gasteiger partial charge >= 0.3 is 0 Å². The van der Waals surface area contributed by atoms with Gasteiger partial charge in [-0.25, -0.2) is 0 Å². The Hall–Kier alpha value is -2.69. The topological polar surface area (TPSA) is 54.4 Å². The highest BCUT2D eigenvalue weighted by atomic mass is 16.5. The van der Waals surface area contributed by atoms with Gasteiger partial charge in [0.1, 0.15) is 5.75 Å². The van der Waals surface area contributed by atoms with Crippen LogP contribution in [0.15, 0.2) is 72.9 Å². The molecule has 4 heteroatoms. The first-order chi connectivity index (χ1) is 14.9. The van der Waals surface area contributed by atoms with Crippen LogP contribution in [0.3, 0.4) is 0 Å². The highest BCUT2D eigenvalue weighted by Gasteiger charge is 2.17. The molecule has 0 fully saturated rings. The fourth-order valence-electron chi connectivity index (χ4n) is 3.73. The van der Waals surface area contributed by atoms with Gasteiger partial charge in [0, 0.05) is 24.4 Å². The van der Waals surface area contributed by atoms with Crippen molar-refractivity contribution in [1.82, 2.24) is 10.3 Å².